The molecule has 33 heavy (non-hydrogen) atoms. The van der Waals surface area contributed by atoms with Crippen molar-refractivity contribution < 1.29 is 9.32 Å². The van der Waals surface area contributed by atoms with Gasteiger partial charge in [-0.25, -0.2) is 4.68 Å². The fourth-order valence-electron chi connectivity index (χ4n) is 3.84. The zero-order valence-corrected chi connectivity index (χ0v) is 18.2. The normalized spacial score (nSPS) is 14.6. The highest BCUT2D eigenvalue weighted by Crippen LogP contribution is 2.17. The highest BCUT2D eigenvalue weighted by atomic mass is 16.5. The number of aryl methyl sites for hydroxylation is 1. The maximum absolute atomic E-state index is 12.7. The third-order valence-electron chi connectivity index (χ3n) is 5.78. The average Bonchev–Trinajstić information content (AvgIpc) is 3.30. The second-order valence-electron chi connectivity index (χ2n) is 8.10. The molecule has 0 aliphatic carbocycles. The van der Waals surface area contributed by atoms with Crippen LogP contribution in [0.15, 0.2) is 57.8 Å². The van der Waals surface area contributed by atoms with E-state index in [-0.39, 0.29) is 18.0 Å². The second kappa shape index (κ2) is 8.91. The van der Waals surface area contributed by atoms with E-state index in [1.807, 2.05) is 31.2 Å². The standard InChI is InChI=1S/C23H23N7O3/c1-16-6-8-17(9-7-16)22-24-20(33-26-22)14-28-10-12-29(13-11-28)21(31)15-30-23(32)18-4-2-3-5-19(18)25-27-30/h2-9H,10-15H2,1H3. The lowest BCUT2D eigenvalue weighted by molar-refractivity contribution is -0.134. The molecule has 0 saturated carbocycles. The molecular weight excluding hydrogens is 422 g/mol. The predicted octanol–water partition coefficient (Wildman–Crippen LogP) is 1.49. The first-order valence-corrected chi connectivity index (χ1v) is 10.8. The predicted molar refractivity (Wildman–Crippen MR) is 120 cm³/mol. The van der Waals surface area contributed by atoms with Gasteiger partial charge in [-0.05, 0) is 19.1 Å². The molecule has 1 aliphatic heterocycles. The number of hydrogen-bond donors (Lipinski definition) is 0. The fraction of sp³-hybridized carbons (Fsp3) is 0.304. The molecule has 168 valence electrons. The number of rotatable bonds is 5. The van der Waals surface area contributed by atoms with Crippen molar-refractivity contribution in [3.8, 4) is 11.4 Å². The molecule has 1 aliphatic rings. The van der Waals surface area contributed by atoms with Gasteiger partial charge < -0.3 is 9.42 Å². The molecule has 2 aromatic carbocycles. The summed E-state index contributed by atoms with van der Waals surface area (Å²) in [4.78, 5) is 33.7. The molecule has 0 atom stereocenters. The van der Waals surface area contributed by atoms with Crippen LogP contribution in [0.3, 0.4) is 0 Å². The Balaban J connectivity index is 1.17. The Hall–Kier alpha value is -3.92. The largest absolute Gasteiger partial charge is 0.339 e. The van der Waals surface area contributed by atoms with Crippen molar-refractivity contribution in [2.45, 2.75) is 20.0 Å². The van der Waals surface area contributed by atoms with Gasteiger partial charge in [0.2, 0.25) is 17.6 Å². The number of nitrogens with zero attached hydrogens (tertiary/aromatic N) is 7. The van der Waals surface area contributed by atoms with Crippen molar-refractivity contribution in [2.75, 3.05) is 26.2 Å². The van der Waals surface area contributed by atoms with Crippen LogP contribution >= 0.6 is 0 Å². The number of fused-ring (bicyclic) bond motifs is 1. The lowest BCUT2D eigenvalue weighted by Crippen LogP contribution is -2.49. The Morgan fingerprint density at radius 3 is 2.58 bits per heavy atom. The van der Waals surface area contributed by atoms with Crippen molar-refractivity contribution in [3.63, 3.8) is 0 Å². The number of carbonyl (C=O) groups excluding carboxylic acids is 1. The second-order valence-corrected chi connectivity index (χ2v) is 8.10. The quantitative estimate of drug-likeness (QED) is 0.454. The summed E-state index contributed by atoms with van der Waals surface area (Å²) < 4.78 is 6.54. The van der Waals surface area contributed by atoms with E-state index in [1.165, 1.54) is 5.56 Å². The maximum Gasteiger partial charge on any atom is 0.278 e. The van der Waals surface area contributed by atoms with Gasteiger partial charge in [-0.1, -0.05) is 52.3 Å². The lowest BCUT2D eigenvalue weighted by atomic mass is 10.1. The molecule has 0 N–H and O–H groups in total. The van der Waals surface area contributed by atoms with Gasteiger partial charge in [0.15, 0.2) is 0 Å². The molecule has 0 radical (unpaired) electrons. The number of amides is 1. The van der Waals surface area contributed by atoms with Crippen molar-refractivity contribution in [2.24, 2.45) is 0 Å². The Bertz CT molecular complexity index is 1340. The molecule has 0 spiro atoms. The van der Waals surface area contributed by atoms with Gasteiger partial charge in [-0.15, -0.1) is 5.10 Å². The van der Waals surface area contributed by atoms with Gasteiger partial charge >= 0.3 is 0 Å². The smallest absolute Gasteiger partial charge is 0.278 e. The topological polar surface area (TPSA) is 110 Å². The summed E-state index contributed by atoms with van der Waals surface area (Å²) in [6, 6.07) is 14.9. The molecule has 0 bridgehead atoms. The number of carbonyl (C=O) groups is 1. The maximum atomic E-state index is 12.7. The Labute approximate surface area is 189 Å². The first-order valence-electron chi connectivity index (χ1n) is 10.8. The first kappa shape index (κ1) is 21.0. The molecule has 1 amide bonds. The third kappa shape index (κ3) is 4.51. The van der Waals surface area contributed by atoms with Crippen molar-refractivity contribution in [3.05, 3.63) is 70.3 Å². The summed E-state index contributed by atoms with van der Waals surface area (Å²) in [5, 5.41) is 12.5. The highest BCUT2D eigenvalue weighted by Gasteiger charge is 2.23. The Morgan fingerprint density at radius 1 is 1.03 bits per heavy atom. The van der Waals surface area contributed by atoms with Crippen molar-refractivity contribution in [1.82, 2.24) is 34.9 Å². The first-order chi connectivity index (χ1) is 16.1. The molecule has 10 nitrogen and oxygen atoms in total. The van der Waals surface area contributed by atoms with E-state index in [9.17, 15) is 9.59 Å². The van der Waals surface area contributed by atoms with Crippen LogP contribution in [0.25, 0.3) is 22.3 Å². The van der Waals surface area contributed by atoms with Gasteiger partial charge in [-0.3, -0.25) is 14.5 Å². The molecular formula is C23H23N7O3. The number of benzene rings is 2. The summed E-state index contributed by atoms with van der Waals surface area (Å²) in [5.74, 6) is 0.963. The van der Waals surface area contributed by atoms with E-state index < -0.39 is 0 Å². The number of aromatic nitrogens is 5. The van der Waals surface area contributed by atoms with Gasteiger partial charge in [0.05, 0.1) is 11.9 Å². The van der Waals surface area contributed by atoms with Crippen molar-refractivity contribution in [1.29, 1.82) is 0 Å². The summed E-state index contributed by atoms with van der Waals surface area (Å²) in [7, 11) is 0. The van der Waals surface area contributed by atoms with E-state index >= 15 is 0 Å². The molecule has 4 aromatic rings. The molecule has 5 rings (SSSR count). The van der Waals surface area contributed by atoms with E-state index in [2.05, 4.69) is 25.4 Å². The summed E-state index contributed by atoms with van der Waals surface area (Å²) in [6.45, 7) is 4.87. The third-order valence-corrected chi connectivity index (χ3v) is 5.78. The van der Waals surface area contributed by atoms with E-state index in [0.29, 0.717) is 55.3 Å². The number of piperazine rings is 1. The zero-order chi connectivity index (χ0) is 22.8. The summed E-state index contributed by atoms with van der Waals surface area (Å²) >= 11 is 0. The van der Waals surface area contributed by atoms with Crippen LogP contribution in [-0.4, -0.2) is 67.0 Å². The minimum atomic E-state index is -0.312. The lowest BCUT2D eigenvalue weighted by Gasteiger charge is -2.33. The van der Waals surface area contributed by atoms with Crippen LogP contribution in [0, 0.1) is 6.92 Å². The van der Waals surface area contributed by atoms with Gasteiger partial charge in [0, 0.05) is 31.7 Å². The molecule has 0 unspecified atom stereocenters. The fourth-order valence-corrected chi connectivity index (χ4v) is 3.84. The Morgan fingerprint density at radius 2 is 1.79 bits per heavy atom. The molecule has 2 aromatic heterocycles. The van der Waals surface area contributed by atoms with Crippen molar-refractivity contribution >= 4 is 16.8 Å². The summed E-state index contributed by atoms with van der Waals surface area (Å²) in [6.07, 6.45) is 0. The minimum absolute atomic E-state index is 0.125. The molecule has 10 heteroatoms. The molecule has 1 saturated heterocycles. The zero-order valence-electron chi connectivity index (χ0n) is 18.2. The van der Waals surface area contributed by atoms with Gasteiger partial charge in [0.1, 0.15) is 12.1 Å². The van der Waals surface area contributed by atoms with E-state index in [0.717, 1.165) is 10.2 Å². The monoisotopic (exact) mass is 445 g/mol. The van der Waals surface area contributed by atoms with Crippen LogP contribution in [0.2, 0.25) is 0 Å². The average molecular weight is 445 g/mol. The van der Waals surface area contributed by atoms with Crippen LogP contribution in [0.5, 0.6) is 0 Å². The van der Waals surface area contributed by atoms with E-state index in [4.69, 9.17) is 4.52 Å². The van der Waals surface area contributed by atoms with E-state index in [1.54, 1.807) is 29.2 Å². The molecule has 1 fully saturated rings. The van der Waals surface area contributed by atoms with Crippen LogP contribution in [-0.2, 0) is 17.9 Å². The SMILES string of the molecule is Cc1ccc(-c2noc(CN3CCN(C(=O)Cn4nnc5ccccc5c4=O)CC3)n2)cc1. The van der Waals surface area contributed by atoms with Crippen LogP contribution in [0.1, 0.15) is 11.5 Å². The Kier molecular flexibility index (Phi) is 5.66. The van der Waals surface area contributed by atoms with Gasteiger partial charge in [-0.2, -0.15) is 4.98 Å². The highest BCUT2D eigenvalue weighted by molar-refractivity contribution is 5.78. The van der Waals surface area contributed by atoms with Crippen LogP contribution < -0.4 is 5.56 Å². The number of hydrogen-bond acceptors (Lipinski definition) is 8. The molecule has 3 heterocycles. The van der Waals surface area contributed by atoms with Gasteiger partial charge in [0.25, 0.3) is 5.56 Å². The minimum Gasteiger partial charge on any atom is -0.339 e. The summed E-state index contributed by atoms with van der Waals surface area (Å²) in [5.41, 5.74) is 2.30. The van der Waals surface area contributed by atoms with Crippen LogP contribution in [0.4, 0.5) is 0 Å².